The van der Waals surface area contributed by atoms with Crippen LogP contribution in [0.5, 0.6) is 0 Å². The van der Waals surface area contributed by atoms with Crippen molar-refractivity contribution in [2.75, 3.05) is 0 Å². The van der Waals surface area contributed by atoms with Crippen molar-refractivity contribution in [3.8, 4) is 0 Å². The predicted molar refractivity (Wildman–Crippen MR) is 83.6 cm³/mol. The standard InChI is InChI=1S/C15H17ClN2O2S/c1-11(2)15(12-6-4-3-5-7-12)18-21(19,20)13-8-9-14(16)17-10-13/h3-11,15,18H,1-2H3/t15-/m1/s1. The summed E-state index contributed by atoms with van der Waals surface area (Å²) in [5, 5.41) is 0.261. The normalized spacial score (nSPS) is 13.3. The molecule has 1 aromatic heterocycles. The molecule has 0 fully saturated rings. The lowest BCUT2D eigenvalue weighted by Gasteiger charge is -2.22. The van der Waals surface area contributed by atoms with Gasteiger partial charge in [0.25, 0.3) is 0 Å². The Bertz CT molecular complexity index is 685. The SMILES string of the molecule is CC(C)[C@@H](NS(=O)(=O)c1ccc(Cl)nc1)c1ccccc1. The highest BCUT2D eigenvalue weighted by Crippen LogP contribution is 2.24. The van der Waals surface area contributed by atoms with E-state index in [1.54, 1.807) is 0 Å². The fourth-order valence-corrected chi connectivity index (χ4v) is 3.43. The Morgan fingerprint density at radius 1 is 1.10 bits per heavy atom. The smallest absolute Gasteiger partial charge is 0.242 e. The molecule has 0 unspecified atom stereocenters. The fourth-order valence-electron chi connectivity index (χ4n) is 2.01. The molecule has 2 aromatic rings. The lowest BCUT2D eigenvalue weighted by atomic mass is 9.97. The summed E-state index contributed by atoms with van der Waals surface area (Å²) in [6.07, 6.45) is 1.26. The second-order valence-electron chi connectivity index (χ2n) is 5.07. The van der Waals surface area contributed by atoms with E-state index in [1.807, 2.05) is 44.2 Å². The van der Waals surface area contributed by atoms with Gasteiger partial charge in [0, 0.05) is 12.2 Å². The Balaban J connectivity index is 2.30. The molecular formula is C15H17ClN2O2S. The molecule has 0 bridgehead atoms. The fraction of sp³-hybridized carbons (Fsp3) is 0.267. The van der Waals surface area contributed by atoms with Gasteiger partial charge in [0.2, 0.25) is 10.0 Å². The molecule has 0 saturated carbocycles. The number of benzene rings is 1. The highest BCUT2D eigenvalue weighted by Gasteiger charge is 2.24. The third-order valence-corrected chi connectivity index (χ3v) is 4.77. The minimum absolute atomic E-state index is 0.105. The highest BCUT2D eigenvalue weighted by atomic mass is 35.5. The second-order valence-corrected chi connectivity index (χ2v) is 7.17. The summed E-state index contributed by atoms with van der Waals surface area (Å²) in [4.78, 5) is 3.92. The molecule has 0 spiro atoms. The van der Waals surface area contributed by atoms with Gasteiger partial charge >= 0.3 is 0 Å². The maximum atomic E-state index is 12.4. The summed E-state index contributed by atoms with van der Waals surface area (Å²) in [5.41, 5.74) is 0.929. The Labute approximate surface area is 130 Å². The molecule has 0 radical (unpaired) electrons. The van der Waals surface area contributed by atoms with Crippen LogP contribution in [0.2, 0.25) is 5.15 Å². The van der Waals surface area contributed by atoms with Crippen molar-refractivity contribution in [1.82, 2.24) is 9.71 Å². The summed E-state index contributed by atoms with van der Waals surface area (Å²) in [6.45, 7) is 3.95. The van der Waals surface area contributed by atoms with Crippen LogP contribution < -0.4 is 4.72 Å². The quantitative estimate of drug-likeness (QED) is 0.857. The van der Waals surface area contributed by atoms with Gasteiger partial charge in [-0.2, -0.15) is 0 Å². The molecule has 0 aliphatic carbocycles. The third-order valence-electron chi connectivity index (χ3n) is 3.12. The molecule has 1 atom stereocenters. The van der Waals surface area contributed by atoms with Crippen molar-refractivity contribution in [3.63, 3.8) is 0 Å². The summed E-state index contributed by atoms with van der Waals surface area (Å²) < 4.78 is 27.6. The minimum Gasteiger partial charge on any atom is -0.243 e. The van der Waals surface area contributed by atoms with Crippen molar-refractivity contribution in [2.24, 2.45) is 5.92 Å². The second kappa shape index (κ2) is 6.56. The molecule has 0 aliphatic heterocycles. The number of hydrogen-bond donors (Lipinski definition) is 1. The van der Waals surface area contributed by atoms with Crippen LogP contribution in [0.15, 0.2) is 53.6 Å². The van der Waals surface area contributed by atoms with Crippen molar-refractivity contribution < 1.29 is 8.42 Å². The van der Waals surface area contributed by atoms with Gasteiger partial charge in [-0.3, -0.25) is 0 Å². The highest BCUT2D eigenvalue weighted by molar-refractivity contribution is 7.89. The van der Waals surface area contributed by atoms with Crippen LogP contribution in [0.3, 0.4) is 0 Å². The Morgan fingerprint density at radius 3 is 2.29 bits per heavy atom. The first kappa shape index (κ1) is 15.9. The minimum atomic E-state index is -3.64. The molecule has 1 heterocycles. The molecule has 21 heavy (non-hydrogen) atoms. The maximum Gasteiger partial charge on any atom is 0.242 e. The Hall–Kier alpha value is -1.43. The molecular weight excluding hydrogens is 308 g/mol. The van der Waals surface area contributed by atoms with Crippen LogP contribution >= 0.6 is 11.6 Å². The molecule has 6 heteroatoms. The van der Waals surface area contributed by atoms with Crippen molar-refractivity contribution >= 4 is 21.6 Å². The first-order chi connectivity index (χ1) is 9.90. The van der Waals surface area contributed by atoms with E-state index in [4.69, 9.17) is 11.6 Å². The van der Waals surface area contributed by atoms with E-state index in [1.165, 1.54) is 18.3 Å². The zero-order chi connectivity index (χ0) is 15.5. The molecule has 0 aliphatic rings. The number of pyridine rings is 1. The van der Waals surface area contributed by atoms with Crippen LogP contribution in [0.1, 0.15) is 25.5 Å². The van der Waals surface area contributed by atoms with Gasteiger partial charge in [-0.25, -0.2) is 18.1 Å². The molecule has 1 aromatic carbocycles. The predicted octanol–water partition coefficient (Wildman–Crippen LogP) is 3.41. The number of rotatable bonds is 5. The Kier molecular flexibility index (Phi) is 4.98. The van der Waals surface area contributed by atoms with Gasteiger partial charge in [-0.15, -0.1) is 0 Å². The molecule has 2 rings (SSSR count). The van der Waals surface area contributed by atoms with E-state index in [2.05, 4.69) is 9.71 Å². The lowest BCUT2D eigenvalue weighted by molar-refractivity contribution is 0.463. The zero-order valence-corrected chi connectivity index (χ0v) is 13.4. The summed E-state index contributed by atoms with van der Waals surface area (Å²) in [5.74, 6) is 0.113. The van der Waals surface area contributed by atoms with E-state index < -0.39 is 10.0 Å². The van der Waals surface area contributed by atoms with Gasteiger partial charge in [-0.1, -0.05) is 55.8 Å². The van der Waals surface area contributed by atoms with Crippen molar-refractivity contribution in [2.45, 2.75) is 24.8 Å². The van der Waals surface area contributed by atoms with E-state index in [9.17, 15) is 8.42 Å². The van der Waals surface area contributed by atoms with Gasteiger partial charge in [0.1, 0.15) is 10.0 Å². The first-order valence-electron chi connectivity index (χ1n) is 6.59. The maximum absolute atomic E-state index is 12.4. The number of nitrogens with zero attached hydrogens (tertiary/aromatic N) is 1. The van der Waals surface area contributed by atoms with Gasteiger partial charge in [-0.05, 0) is 23.6 Å². The van der Waals surface area contributed by atoms with Gasteiger partial charge in [0.15, 0.2) is 0 Å². The number of nitrogens with one attached hydrogen (secondary N) is 1. The molecule has 0 amide bonds. The topological polar surface area (TPSA) is 59.1 Å². The van der Waals surface area contributed by atoms with Crippen LogP contribution in [-0.4, -0.2) is 13.4 Å². The van der Waals surface area contributed by atoms with E-state index in [0.29, 0.717) is 0 Å². The molecule has 1 N–H and O–H groups in total. The molecule has 112 valence electrons. The number of sulfonamides is 1. The number of halogens is 1. The average molecular weight is 325 g/mol. The van der Waals surface area contributed by atoms with Crippen LogP contribution in [0.25, 0.3) is 0 Å². The molecule has 0 saturated heterocycles. The summed E-state index contributed by atoms with van der Waals surface area (Å²) in [6, 6.07) is 12.1. The van der Waals surface area contributed by atoms with E-state index >= 15 is 0 Å². The number of hydrogen-bond acceptors (Lipinski definition) is 3. The van der Waals surface area contributed by atoms with Crippen LogP contribution in [0, 0.1) is 5.92 Å². The van der Waals surface area contributed by atoms with Crippen molar-refractivity contribution in [1.29, 1.82) is 0 Å². The van der Waals surface area contributed by atoms with Crippen LogP contribution in [0.4, 0.5) is 0 Å². The van der Waals surface area contributed by atoms with E-state index in [0.717, 1.165) is 5.56 Å². The van der Waals surface area contributed by atoms with Crippen molar-refractivity contribution in [3.05, 3.63) is 59.4 Å². The Morgan fingerprint density at radius 2 is 1.76 bits per heavy atom. The molecule has 4 nitrogen and oxygen atoms in total. The third kappa shape index (κ3) is 4.03. The van der Waals surface area contributed by atoms with Gasteiger partial charge < -0.3 is 0 Å². The van der Waals surface area contributed by atoms with E-state index in [-0.39, 0.29) is 22.0 Å². The average Bonchev–Trinajstić information content (AvgIpc) is 2.46. The zero-order valence-electron chi connectivity index (χ0n) is 11.8. The van der Waals surface area contributed by atoms with Gasteiger partial charge in [0.05, 0.1) is 0 Å². The summed E-state index contributed by atoms with van der Waals surface area (Å²) >= 11 is 5.69. The summed E-state index contributed by atoms with van der Waals surface area (Å²) in [7, 11) is -3.64. The number of aromatic nitrogens is 1. The monoisotopic (exact) mass is 324 g/mol. The van der Waals surface area contributed by atoms with Crippen LogP contribution in [-0.2, 0) is 10.0 Å². The largest absolute Gasteiger partial charge is 0.243 e. The first-order valence-corrected chi connectivity index (χ1v) is 8.45. The lowest BCUT2D eigenvalue weighted by Crippen LogP contribution is -2.31.